The summed E-state index contributed by atoms with van der Waals surface area (Å²) in [7, 11) is 0. The highest BCUT2D eigenvalue weighted by molar-refractivity contribution is 7.80. The molecule has 1 aliphatic carbocycles. The summed E-state index contributed by atoms with van der Waals surface area (Å²) in [5.74, 6) is -1.06. The molecule has 0 unspecified atom stereocenters. The molecule has 2 heterocycles. The van der Waals surface area contributed by atoms with E-state index in [1.165, 1.54) is 4.90 Å². The van der Waals surface area contributed by atoms with Gasteiger partial charge in [-0.2, -0.15) is 0 Å². The molecule has 1 saturated heterocycles. The molecule has 8 heteroatoms. The van der Waals surface area contributed by atoms with Gasteiger partial charge in [0.05, 0.1) is 15.7 Å². The van der Waals surface area contributed by atoms with Crippen LogP contribution in [-0.2, 0) is 9.59 Å². The topological polar surface area (TPSA) is 54.3 Å². The molecular formula is C20H17Cl2N3O2S. The lowest BCUT2D eigenvalue weighted by Crippen LogP contribution is -2.54. The van der Waals surface area contributed by atoms with Gasteiger partial charge in [0.1, 0.15) is 5.57 Å². The molecule has 1 aromatic heterocycles. The Labute approximate surface area is 177 Å². The maximum Gasteiger partial charge on any atom is 0.270 e. The summed E-state index contributed by atoms with van der Waals surface area (Å²) in [6.45, 7) is 4.03. The minimum atomic E-state index is -0.533. The van der Waals surface area contributed by atoms with Gasteiger partial charge < -0.3 is 4.57 Å². The van der Waals surface area contributed by atoms with E-state index in [-0.39, 0.29) is 15.7 Å². The molecule has 1 N–H and O–H groups in total. The molecule has 0 bridgehead atoms. The van der Waals surface area contributed by atoms with Crippen LogP contribution in [0, 0.1) is 13.8 Å². The number of rotatable bonds is 3. The quantitative estimate of drug-likeness (QED) is 0.437. The van der Waals surface area contributed by atoms with E-state index in [2.05, 4.69) is 9.88 Å². The van der Waals surface area contributed by atoms with Gasteiger partial charge in [0.15, 0.2) is 5.11 Å². The molecule has 2 fully saturated rings. The zero-order chi connectivity index (χ0) is 20.2. The van der Waals surface area contributed by atoms with Crippen molar-refractivity contribution < 1.29 is 9.59 Å². The first-order chi connectivity index (χ1) is 13.3. The van der Waals surface area contributed by atoms with Crippen molar-refractivity contribution in [3.05, 3.63) is 56.8 Å². The van der Waals surface area contributed by atoms with Gasteiger partial charge in [-0.15, -0.1) is 0 Å². The van der Waals surface area contributed by atoms with E-state index in [1.54, 1.807) is 24.3 Å². The molecular weight excluding hydrogens is 417 g/mol. The van der Waals surface area contributed by atoms with Crippen molar-refractivity contribution >= 4 is 64.1 Å². The maximum atomic E-state index is 13.2. The summed E-state index contributed by atoms with van der Waals surface area (Å²) in [4.78, 5) is 26.9. The van der Waals surface area contributed by atoms with Gasteiger partial charge in [0.25, 0.3) is 11.8 Å². The van der Waals surface area contributed by atoms with E-state index in [4.69, 9.17) is 35.4 Å². The molecule has 144 valence electrons. The smallest absolute Gasteiger partial charge is 0.270 e. The van der Waals surface area contributed by atoms with Gasteiger partial charge in [-0.1, -0.05) is 29.3 Å². The Morgan fingerprint density at radius 1 is 1.21 bits per heavy atom. The average Bonchev–Trinajstić information content (AvgIpc) is 3.41. The van der Waals surface area contributed by atoms with Crippen LogP contribution in [0.25, 0.3) is 6.08 Å². The Morgan fingerprint density at radius 2 is 1.93 bits per heavy atom. The summed E-state index contributed by atoms with van der Waals surface area (Å²) in [5, 5.41) is 3.04. The Hall–Kier alpha value is -2.15. The minimum absolute atomic E-state index is 0.000638. The van der Waals surface area contributed by atoms with Crippen LogP contribution in [0.1, 0.15) is 35.8 Å². The van der Waals surface area contributed by atoms with Crippen molar-refractivity contribution in [2.24, 2.45) is 0 Å². The van der Waals surface area contributed by atoms with E-state index in [1.807, 2.05) is 19.9 Å². The molecule has 1 saturated carbocycles. The Kier molecular flexibility index (Phi) is 4.81. The number of hydrogen-bond acceptors (Lipinski definition) is 3. The number of amides is 2. The monoisotopic (exact) mass is 433 g/mol. The van der Waals surface area contributed by atoms with Gasteiger partial charge in [0.2, 0.25) is 0 Å². The fourth-order valence-electron chi connectivity index (χ4n) is 3.54. The number of aromatic nitrogens is 1. The summed E-state index contributed by atoms with van der Waals surface area (Å²) < 4.78 is 2.26. The van der Waals surface area contributed by atoms with E-state index >= 15 is 0 Å². The lowest BCUT2D eigenvalue weighted by molar-refractivity contribution is -0.122. The number of hydrogen-bond donors (Lipinski definition) is 1. The number of benzene rings is 1. The molecule has 2 amide bonds. The summed E-state index contributed by atoms with van der Waals surface area (Å²) in [5.41, 5.74) is 3.32. The number of carbonyl (C=O) groups is 2. The highest BCUT2D eigenvalue weighted by Gasteiger charge is 2.36. The minimum Gasteiger partial charge on any atom is -0.346 e. The number of nitrogens with zero attached hydrogens (tertiary/aromatic N) is 2. The van der Waals surface area contributed by atoms with Gasteiger partial charge in [-0.05, 0) is 68.7 Å². The van der Waals surface area contributed by atoms with Crippen LogP contribution in [-0.4, -0.2) is 21.5 Å². The fraction of sp³-hybridized carbons (Fsp3) is 0.250. The van der Waals surface area contributed by atoms with Crippen molar-refractivity contribution in [2.75, 3.05) is 4.90 Å². The lowest BCUT2D eigenvalue weighted by Gasteiger charge is -2.29. The van der Waals surface area contributed by atoms with E-state index in [0.29, 0.717) is 16.8 Å². The van der Waals surface area contributed by atoms with Gasteiger partial charge in [-0.3, -0.25) is 19.8 Å². The first kappa shape index (κ1) is 19.2. The number of anilines is 1. The second kappa shape index (κ2) is 7.03. The van der Waals surface area contributed by atoms with Gasteiger partial charge in [-0.25, -0.2) is 0 Å². The predicted molar refractivity (Wildman–Crippen MR) is 115 cm³/mol. The largest absolute Gasteiger partial charge is 0.346 e. The summed E-state index contributed by atoms with van der Waals surface area (Å²) in [6.07, 6.45) is 3.92. The average molecular weight is 434 g/mol. The normalized spacial score (nSPS) is 18.8. The third-order valence-electron chi connectivity index (χ3n) is 5.01. The van der Waals surface area contributed by atoms with Crippen LogP contribution < -0.4 is 10.2 Å². The highest BCUT2D eigenvalue weighted by Crippen LogP contribution is 2.39. The van der Waals surface area contributed by atoms with Crippen molar-refractivity contribution in [1.29, 1.82) is 0 Å². The Balaban J connectivity index is 1.77. The van der Waals surface area contributed by atoms with Crippen molar-refractivity contribution in [2.45, 2.75) is 32.7 Å². The van der Waals surface area contributed by atoms with Crippen LogP contribution in [0.2, 0.25) is 10.0 Å². The number of halogens is 2. The van der Waals surface area contributed by atoms with Crippen LogP contribution in [0.5, 0.6) is 0 Å². The van der Waals surface area contributed by atoms with E-state index < -0.39 is 11.8 Å². The molecule has 2 aliphatic rings. The third kappa shape index (κ3) is 3.15. The van der Waals surface area contributed by atoms with Gasteiger partial charge >= 0.3 is 0 Å². The van der Waals surface area contributed by atoms with Crippen LogP contribution in [0.3, 0.4) is 0 Å². The highest BCUT2D eigenvalue weighted by atomic mass is 35.5. The van der Waals surface area contributed by atoms with Crippen molar-refractivity contribution in [3.8, 4) is 0 Å². The van der Waals surface area contributed by atoms with Crippen LogP contribution >= 0.6 is 35.4 Å². The lowest BCUT2D eigenvalue weighted by atomic mass is 10.1. The number of thiocarbonyl (C=S) groups is 1. The standard InChI is InChI=1S/C20H17Cl2N3O2S/c1-10-8-12(11(2)24(10)13-6-7-13)9-14-18(26)23-20(28)25(19(14)27)16-5-3-4-15(21)17(16)22/h3-5,8-9,13H,6-7H2,1-2H3,(H,23,26,28)/b14-9+. The van der Waals surface area contributed by atoms with E-state index in [9.17, 15) is 9.59 Å². The number of carbonyl (C=O) groups excluding carboxylic acids is 2. The Morgan fingerprint density at radius 3 is 2.61 bits per heavy atom. The molecule has 0 spiro atoms. The molecule has 5 nitrogen and oxygen atoms in total. The molecule has 0 atom stereocenters. The molecule has 28 heavy (non-hydrogen) atoms. The zero-order valence-electron chi connectivity index (χ0n) is 15.3. The van der Waals surface area contributed by atoms with Gasteiger partial charge in [0, 0.05) is 17.4 Å². The molecule has 1 aromatic carbocycles. The predicted octanol–water partition coefficient (Wildman–Crippen LogP) is 4.58. The molecule has 0 radical (unpaired) electrons. The first-order valence-electron chi connectivity index (χ1n) is 8.83. The first-order valence-corrected chi connectivity index (χ1v) is 10.00. The second-order valence-corrected chi connectivity index (χ2v) is 8.13. The third-order valence-corrected chi connectivity index (χ3v) is 6.10. The molecule has 1 aliphatic heterocycles. The second-order valence-electron chi connectivity index (χ2n) is 6.96. The van der Waals surface area contributed by atoms with E-state index in [0.717, 1.165) is 29.8 Å². The van der Waals surface area contributed by atoms with Crippen LogP contribution in [0.4, 0.5) is 5.69 Å². The Bertz CT molecular complexity index is 1070. The fourth-order valence-corrected chi connectivity index (χ4v) is 4.19. The number of aryl methyl sites for hydroxylation is 1. The SMILES string of the molecule is Cc1cc(/C=C2\C(=O)NC(=S)N(c3cccc(Cl)c3Cl)C2=O)c(C)n1C1CC1. The van der Waals surface area contributed by atoms with Crippen LogP contribution in [0.15, 0.2) is 29.8 Å². The summed E-state index contributed by atoms with van der Waals surface area (Å²) >= 11 is 17.6. The van der Waals surface area contributed by atoms with Crippen molar-refractivity contribution in [1.82, 2.24) is 9.88 Å². The summed E-state index contributed by atoms with van der Waals surface area (Å²) in [6, 6.07) is 7.42. The number of nitrogens with one attached hydrogen (secondary N) is 1. The van der Waals surface area contributed by atoms with Crippen molar-refractivity contribution in [3.63, 3.8) is 0 Å². The maximum absolute atomic E-state index is 13.2. The molecule has 2 aromatic rings. The molecule has 4 rings (SSSR count). The zero-order valence-corrected chi connectivity index (χ0v) is 17.6.